The number of benzene rings is 2. The van der Waals surface area contributed by atoms with Crippen molar-refractivity contribution in [3.8, 4) is 0 Å². The van der Waals surface area contributed by atoms with Crippen molar-refractivity contribution in [2.24, 2.45) is 0 Å². The molecule has 0 aliphatic carbocycles. The lowest BCUT2D eigenvalue weighted by Crippen LogP contribution is -2.27. The molecule has 0 saturated carbocycles. The van der Waals surface area contributed by atoms with Crippen LogP contribution in [-0.2, 0) is 4.79 Å². The highest BCUT2D eigenvalue weighted by molar-refractivity contribution is 7.99. The normalized spacial score (nSPS) is 12.2. The van der Waals surface area contributed by atoms with Crippen LogP contribution in [0.1, 0.15) is 31.6 Å². The molecule has 0 unspecified atom stereocenters. The van der Waals surface area contributed by atoms with Crippen molar-refractivity contribution in [3.63, 3.8) is 0 Å². The van der Waals surface area contributed by atoms with Crippen molar-refractivity contribution in [3.05, 3.63) is 59.4 Å². The molecule has 25 heavy (non-hydrogen) atoms. The number of aromatic amines is 1. The minimum Gasteiger partial charge on any atom is -0.346 e. The highest BCUT2D eigenvalue weighted by atomic mass is 35.5. The van der Waals surface area contributed by atoms with Crippen LogP contribution < -0.4 is 5.32 Å². The van der Waals surface area contributed by atoms with Gasteiger partial charge >= 0.3 is 0 Å². The van der Waals surface area contributed by atoms with E-state index >= 15 is 0 Å². The van der Waals surface area contributed by atoms with E-state index in [0.717, 1.165) is 34.1 Å². The number of amides is 1. The molecule has 0 fully saturated rings. The van der Waals surface area contributed by atoms with Gasteiger partial charge in [-0.25, -0.2) is 4.98 Å². The minimum atomic E-state index is -0.135. The summed E-state index contributed by atoms with van der Waals surface area (Å²) in [6.07, 6.45) is 1.33. The molecule has 3 aromatic rings. The molecule has 0 bridgehead atoms. The Bertz CT molecular complexity index is 814. The molecule has 0 aliphatic rings. The van der Waals surface area contributed by atoms with E-state index in [4.69, 9.17) is 11.6 Å². The van der Waals surface area contributed by atoms with Crippen LogP contribution in [0.15, 0.2) is 53.4 Å². The Labute approximate surface area is 156 Å². The first-order chi connectivity index (χ1) is 12.1. The highest BCUT2D eigenvalue weighted by Crippen LogP contribution is 2.21. The quantitative estimate of drug-likeness (QED) is 0.454. The largest absolute Gasteiger partial charge is 0.346 e. The van der Waals surface area contributed by atoms with E-state index in [1.54, 1.807) is 11.8 Å². The zero-order valence-electron chi connectivity index (χ0n) is 14.0. The molecule has 0 saturated heterocycles. The number of fused-ring (bicyclic) bond motifs is 1. The Balaban J connectivity index is 1.43. The third kappa shape index (κ3) is 5.00. The highest BCUT2D eigenvalue weighted by Gasteiger charge is 2.13. The minimum absolute atomic E-state index is 0.0460. The molecule has 0 aliphatic heterocycles. The van der Waals surface area contributed by atoms with E-state index in [2.05, 4.69) is 15.3 Å². The maximum Gasteiger partial charge on any atom is 0.220 e. The van der Waals surface area contributed by atoms with Gasteiger partial charge in [0, 0.05) is 16.3 Å². The maximum atomic E-state index is 12.1. The number of rotatable bonds is 7. The fourth-order valence-electron chi connectivity index (χ4n) is 2.51. The lowest BCUT2D eigenvalue weighted by Gasteiger charge is -2.11. The number of hydrogen-bond donors (Lipinski definition) is 2. The van der Waals surface area contributed by atoms with Crippen LogP contribution >= 0.6 is 23.4 Å². The van der Waals surface area contributed by atoms with Crippen molar-refractivity contribution < 1.29 is 4.79 Å². The Morgan fingerprint density at radius 2 is 2.00 bits per heavy atom. The van der Waals surface area contributed by atoms with Crippen molar-refractivity contribution in [1.82, 2.24) is 15.3 Å². The van der Waals surface area contributed by atoms with Gasteiger partial charge in [-0.05, 0) is 55.5 Å². The summed E-state index contributed by atoms with van der Waals surface area (Å²) in [5.41, 5.74) is 1.90. The van der Waals surface area contributed by atoms with Crippen LogP contribution in [0.25, 0.3) is 11.0 Å². The summed E-state index contributed by atoms with van der Waals surface area (Å²) in [6, 6.07) is 15.5. The van der Waals surface area contributed by atoms with Gasteiger partial charge in [-0.1, -0.05) is 23.7 Å². The van der Waals surface area contributed by atoms with Crippen LogP contribution in [0.2, 0.25) is 5.02 Å². The standard InChI is InChI=1S/C19H20ClN3OS/c1-13(19-22-16-5-2-3-6-17(16)23-19)21-18(24)7-4-12-25-15-10-8-14(20)9-11-15/h2-3,5-6,8-11,13H,4,7,12H2,1H3,(H,21,24)(H,22,23)/t13-/m1/s1. The van der Waals surface area contributed by atoms with E-state index in [1.807, 2.05) is 55.5 Å². The van der Waals surface area contributed by atoms with Gasteiger partial charge in [0.25, 0.3) is 0 Å². The topological polar surface area (TPSA) is 57.8 Å². The molecule has 1 atom stereocenters. The van der Waals surface area contributed by atoms with Crippen molar-refractivity contribution in [2.75, 3.05) is 5.75 Å². The second-order valence-electron chi connectivity index (χ2n) is 5.83. The number of nitrogens with zero attached hydrogens (tertiary/aromatic N) is 1. The van der Waals surface area contributed by atoms with Crippen molar-refractivity contribution in [2.45, 2.75) is 30.7 Å². The molecule has 6 heteroatoms. The number of aromatic nitrogens is 2. The monoisotopic (exact) mass is 373 g/mol. The molecular formula is C19H20ClN3OS. The Morgan fingerprint density at radius 1 is 1.24 bits per heavy atom. The predicted octanol–water partition coefficient (Wildman–Crippen LogP) is 4.97. The Kier molecular flexibility index (Phi) is 6.00. The lowest BCUT2D eigenvalue weighted by atomic mass is 10.2. The smallest absolute Gasteiger partial charge is 0.220 e. The molecule has 4 nitrogen and oxygen atoms in total. The number of hydrogen-bond acceptors (Lipinski definition) is 3. The number of para-hydroxylation sites is 2. The fourth-order valence-corrected chi connectivity index (χ4v) is 3.49. The average Bonchev–Trinajstić information content (AvgIpc) is 3.04. The van der Waals surface area contributed by atoms with E-state index in [0.29, 0.717) is 6.42 Å². The van der Waals surface area contributed by atoms with Crippen LogP contribution in [0.4, 0.5) is 0 Å². The first kappa shape index (κ1) is 17.8. The molecule has 0 spiro atoms. The summed E-state index contributed by atoms with van der Waals surface area (Å²) >= 11 is 7.60. The first-order valence-electron chi connectivity index (χ1n) is 8.24. The van der Waals surface area contributed by atoms with Gasteiger partial charge in [0.1, 0.15) is 5.82 Å². The second kappa shape index (κ2) is 8.41. The molecule has 1 aromatic heterocycles. The van der Waals surface area contributed by atoms with E-state index in [1.165, 1.54) is 4.90 Å². The summed E-state index contributed by atoms with van der Waals surface area (Å²) in [5.74, 6) is 1.73. The van der Waals surface area contributed by atoms with Crippen molar-refractivity contribution in [1.29, 1.82) is 0 Å². The number of carbonyl (C=O) groups excluding carboxylic acids is 1. The third-order valence-electron chi connectivity index (χ3n) is 3.83. The summed E-state index contributed by atoms with van der Waals surface area (Å²) in [6.45, 7) is 1.94. The summed E-state index contributed by atoms with van der Waals surface area (Å²) < 4.78 is 0. The molecule has 130 valence electrons. The molecule has 2 aromatic carbocycles. The SMILES string of the molecule is C[C@@H](NC(=O)CCCSc1ccc(Cl)cc1)c1nc2ccccc2[nH]1. The van der Waals surface area contributed by atoms with Gasteiger partial charge in [-0.3, -0.25) is 4.79 Å². The van der Waals surface area contributed by atoms with E-state index in [9.17, 15) is 4.79 Å². The average molecular weight is 374 g/mol. The van der Waals surface area contributed by atoms with Crippen LogP contribution in [-0.4, -0.2) is 21.6 Å². The van der Waals surface area contributed by atoms with Crippen LogP contribution in [0.3, 0.4) is 0 Å². The molecule has 2 N–H and O–H groups in total. The summed E-state index contributed by atoms with van der Waals surface area (Å²) in [4.78, 5) is 21.1. The predicted molar refractivity (Wildman–Crippen MR) is 104 cm³/mol. The van der Waals surface area contributed by atoms with E-state index < -0.39 is 0 Å². The zero-order chi connectivity index (χ0) is 17.6. The molecule has 0 radical (unpaired) electrons. The van der Waals surface area contributed by atoms with Gasteiger partial charge < -0.3 is 10.3 Å². The fraction of sp³-hybridized carbons (Fsp3) is 0.263. The zero-order valence-corrected chi connectivity index (χ0v) is 15.5. The third-order valence-corrected chi connectivity index (χ3v) is 5.18. The van der Waals surface area contributed by atoms with Crippen molar-refractivity contribution >= 4 is 40.3 Å². The maximum absolute atomic E-state index is 12.1. The molecule has 1 heterocycles. The van der Waals surface area contributed by atoms with Gasteiger partial charge in [-0.2, -0.15) is 0 Å². The molecule has 1 amide bonds. The number of thioether (sulfide) groups is 1. The van der Waals surface area contributed by atoms with Gasteiger partial charge in [-0.15, -0.1) is 11.8 Å². The van der Waals surface area contributed by atoms with Gasteiger partial charge in [0.2, 0.25) is 5.91 Å². The number of imidazole rings is 1. The summed E-state index contributed by atoms with van der Waals surface area (Å²) in [5, 5.41) is 3.74. The molecular weight excluding hydrogens is 354 g/mol. The Hall–Kier alpha value is -1.98. The lowest BCUT2D eigenvalue weighted by molar-refractivity contribution is -0.121. The van der Waals surface area contributed by atoms with E-state index in [-0.39, 0.29) is 11.9 Å². The number of H-pyrrole nitrogens is 1. The second-order valence-corrected chi connectivity index (χ2v) is 7.44. The summed E-state index contributed by atoms with van der Waals surface area (Å²) in [7, 11) is 0. The molecule has 3 rings (SSSR count). The van der Waals surface area contributed by atoms with Gasteiger partial charge in [0.05, 0.1) is 17.1 Å². The number of carbonyl (C=O) groups is 1. The Morgan fingerprint density at radius 3 is 2.76 bits per heavy atom. The van der Waals surface area contributed by atoms with Gasteiger partial charge in [0.15, 0.2) is 0 Å². The number of halogens is 1. The number of nitrogens with one attached hydrogen (secondary N) is 2. The first-order valence-corrected chi connectivity index (χ1v) is 9.60. The van der Waals surface area contributed by atoms with Crippen LogP contribution in [0, 0.1) is 0 Å². The van der Waals surface area contributed by atoms with Crippen LogP contribution in [0.5, 0.6) is 0 Å².